The lowest BCUT2D eigenvalue weighted by Crippen LogP contribution is -2.23. The average molecular weight is 350 g/mol. The molecule has 3 heterocycles. The highest BCUT2D eigenvalue weighted by atomic mass is 32.1. The molecule has 0 atom stereocenters. The van der Waals surface area contributed by atoms with Crippen LogP contribution in [-0.4, -0.2) is 25.0 Å². The van der Waals surface area contributed by atoms with Gasteiger partial charge in [-0.15, -0.1) is 5.10 Å². The zero-order valence-corrected chi connectivity index (χ0v) is 14.1. The predicted molar refractivity (Wildman–Crippen MR) is 95.2 cm³/mol. The number of rotatable bonds is 3. The van der Waals surface area contributed by atoms with Crippen molar-refractivity contribution in [1.82, 2.24) is 24.5 Å². The van der Waals surface area contributed by atoms with E-state index in [1.165, 1.54) is 17.5 Å². The molecule has 1 amide bonds. The third-order valence-electron chi connectivity index (χ3n) is 3.75. The summed E-state index contributed by atoms with van der Waals surface area (Å²) in [4.78, 5) is 21.2. The number of imidazole rings is 1. The number of thiazole rings is 1. The zero-order chi connectivity index (χ0) is 17.2. The van der Waals surface area contributed by atoms with Gasteiger partial charge >= 0.3 is 0 Å². The van der Waals surface area contributed by atoms with Crippen LogP contribution in [0.15, 0.2) is 66.4 Å². The van der Waals surface area contributed by atoms with Crippen LogP contribution in [0.2, 0.25) is 0 Å². The van der Waals surface area contributed by atoms with Gasteiger partial charge in [0.1, 0.15) is 12.1 Å². The van der Waals surface area contributed by atoms with Gasteiger partial charge in [0.15, 0.2) is 0 Å². The number of aryl methyl sites for hydroxylation is 1. The summed E-state index contributed by atoms with van der Waals surface area (Å²) in [5, 5.41) is 4.23. The van der Waals surface area contributed by atoms with Gasteiger partial charge in [-0.05, 0) is 24.3 Å². The molecule has 25 heavy (non-hydrogen) atoms. The van der Waals surface area contributed by atoms with Crippen molar-refractivity contribution in [3.05, 3.63) is 71.7 Å². The molecule has 0 unspecified atom stereocenters. The van der Waals surface area contributed by atoms with Gasteiger partial charge < -0.3 is 4.57 Å². The van der Waals surface area contributed by atoms with Gasteiger partial charge in [-0.2, -0.15) is 0 Å². The molecule has 3 aromatic heterocycles. The predicted octanol–water partition coefficient (Wildman–Crippen LogP) is 2.07. The molecule has 7 nitrogen and oxygen atoms in total. The SMILES string of the molecule is Cn1/c(=N/NC(=O)c2ccc(-n3ccnc3)nc2)sc2ccccc21. The molecule has 124 valence electrons. The van der Waals surface area contributed by atoms with Crippen molar-refractivity contribution in [3.63, 3.8) is 0 Å². The Hall–Kier alpha value is -3.26. The Kier molecular flexibility index (Phi) is 3.87. The monoisotopic (exact) mass is 350 g/mol. The second kappa shape index (κ2) is 6.33. The van der Waals surface area contributed by atoms with Crippen LogP contribution in [0.5, 0.6) is 0 Å². The van der Waals surface area contributed by atoms with Crippen LogP contribution in [0, 0.1) is 0 Å². The molecule has 0 saturated heterocycles. The Bertz CT molecular complexity index is 1090. The highest BCUT2D eigenvalue weighted by Crippen LogP contribution is 2.15. The number of pyridine rings is 1. The van der Waals surface area contributed by atoms with E-state index in [1.807, 2.05) is 35.9 Å². The van der Waals surface area contributed by atoms with E-state index in [9.17, 15) is 4.79 Å². The first-order valence-electron chi connectivity index (χ1n) is 7.55. The summed E-state index contributed by atoms with van der Waals surface area (Å²) < 4.78 is 4.83. The highest BCUT2D eigenvalue weighted by molar-refractivity contribution is 7.16. The number of nitrogens with zero attached hydrogens (tertiary/aromatic N) is 5. The van der Waals surface area contributed by atoms with Crippen molar-refractivity contribution in [2.75, 3.05) is 0 Å². The number of hydrogen-bond acceptors (Lipinski definition) is 5. The fourth-order valence-corrected chi connectivity index (χ4v) is 3.40. The number of aromatic nitrogens is 4. The van der Waals surface area contributed by atoms with E-state index >= 15 is 0 Å². The van der Waals surface area contributed by atoms with Crippen LogP contribution in [0.4, 0.5) is 0 Å². The summed E-state index contributed by atoms with van der Waals surface area (Å²) in [6, 6.07) is 11.5. The summed E-state index contributed by atoms with van der Waals surface area (Å²) in [5.41, 5.74) is 4.10. The van der Waals surface area contributed by atoms with Crippen molar-refractivity contribution in [1.29, 1.82) is 0 Å². The molecule has 0 aliphatic rings. The summed E-state index contributed by atoms with van der Waals surface area (Å²) in [7, 11) is 1.92. The molecular formula is C17H14N6OS. The van der Waals surface area contributed by atoms with Crippen molar-refractivity contribution < 1.29 is 4.79 Å². The molecule has 0 fully saturated rings. The van der Waals surface area contributed by atoms with Crippen molar-refractivity contribution >= 4 is 27.5 Å². The topological polar surface area (TPSA) is 77.1 Å². The van der Waals surface area contributed by atoms with Gasteiger partial charge in [-0.3, -0.25) is 9.36 Å². The molecular weight excluding hydrogens is 336 g/mol. The fraction of sp³-hybridized carbons (Fsp3) is 0.0588. The second-order valence-corrected chi connectivity index (χ2v) is 6.35. The zero-order valence-electron chi connectivity index (χ0n) is 13.3. The second-order valence-electron chi connectivity index (χ2n) is 5.34. The molecule has 0 saturated carbocycles. The molecule has 1 N–H and O–H groups in total. The van der Waals surface area contributed by atoms with Crippen molar-refractivity contribution in [2.24, 2.45) is 12.1 Å². The molecule has 0 aliphatic carbocycles. The summed E-state index contributed by atoms with van der Waals surface area (Å²) in [6.45, 7) is 0. The van der Waals surface area contributed by atoms with E-state index in [1.54, 1.807) is 35.4 Å². The van der Waals surface area contributed by atoms with Gasteiger partial charge in [-0.25, -0.2) is 15.4 Å². The maximum Gasteiger partial charge on any atom is 0.273 e. The third kappa shape index (κ3) is 2.94. The quantitative estimate of drug-likeness (QED) is 0.575. The Morgan fingerprint density at radius 2 is 2.12 bits per heavy atom. The minimum absolute atomic E-state index is 0.304. The number of hydrogen-bond donors (Lipinski definition) is 1. The van der Waals surface area contributed by atoms with Crippen molar-refractivity contribution in [2.45, 2.75) is 0 Å². The normalized spacial score (nSPS) is 11.8. The van der Waals surface area contributed by atoms with Crippen LogP contribution in [0.25, 0.3) is 16.0 Å². The van der Waals surface area contributed by atoms with Gasteiger partial charge in [0.05, 0.1) is 15.8 Å². The molecule has 8 heteroatoms. The number of benzene rings is 1. The minimum Gasteiger partial charge on any atom is -0.318 e. The smallest absolute Gasteiger partial charge is 0.273 e. The van der Waals surface area contributed by atoms with E-state index in [2.05, 4.69) is 20.5 Å². The average Bonchev–Trinajstić information content (AvgIpc) is 3.29. The van der Waals surface area contributed by atoms with Gasteiger partial charge in [0, 0.05) is 25.6 Å². The first kappa shape index (κ1) is 15.3. The van der Waals surface area contributed by atoms with Crippen LogP contribution in [0.3, 0.4) is 0 Å². The Balaban J connectivity index is 1.56. The largest absolute Gasteiger partial charge is 0.318 e. The first-order valence-corrected chi connectivity index (χ1v) is 8.37. The van der Waals surface area contributed by atoms with Crippen LogP contribution >= 0.6 is 11.3 Å². The number of carbonyl (C=O) groups is 1. The fourth-order valence-electron chi connectivity index (χ4n) is 2.42. The van der Waals surface area contributed by atoms with Crippen molar-refractivity contribution in [3.8, 4) is 5.82 Å². The van der Waals surface area contributed by atoms with Gasteiger partial charge in [0.25, 0.3) is 5.91 Å². The number of amides is 1. The molecule has 0 bridgehead atoms. The molecule has 0 aliphatic heterocycles. The molecule has 4 rings (SSSR count). The van der Waals surface area contributed by atoms with Gasteiger partial charge in [-0.1, -0.05) is 23.5 Å². The van der Waals surface area contributed by atoms with E-state index in [0.717, 1.165) is 15.0 Å². The third-order valence-corrected chi connectivity index (χ3v) is 4.86. The van der Waals surface area contributed by atoms with Crippen LogP contribution in [-0.2, 0) is 7.05 Å². The number of fused-ring (bicyclic) bond motifs is 1. The molecule has 0 radical (unpaired) electrons. The first-order chi connectivity index (χ1) is 12.2. The minimum atomic E-state index is -0.304. The van der Waals surface area contributed by atoms with E-state index in [-0.39, 0.29) is 5.91 Å². The maximum atomic E-state index is 12.3. The van der Waals surface area contributed by atoms with E-state index in [4.69, 9.17) is 0 Å². The standard InChI is InChI=1S/C17H14N6OS/c1-22-13-4-2-3-5-14(13)25-17(22)21-20-16(24)12-6-7-15(19-10-12)23-9-8-18-11-23/h2-11H,1H3,(H,20,24)/b21-17-. The summed E-state index contributed by atoms with van der Waals surface area (Å²) in [5.74, 6) is 0.393. The number of nitrogens with one attached hydrogen (secondary N) is 1. The molecule has 1 aromatic carbocycles. The Labute approximate surface area is 146 Å². The summed E-state index contributed by atoms with van der Waals surface area (Å²) >= 11 is 1.52. The van der Waals surface area contributed by atoms with Gasteiger partial charge in [0.2, 0.25) is 4.80 Å². The van der Waals surface area contributed by atoms with E-state index in [0.29, 0.717) is 11.4 Å². The lowest BCUT2D eigenvalue weighted by Gasteiger charge is -2.02. The van der Waals surface area contributed by atoms with Crippen LogP contribution in [0.1, 0.15) is 10.4 Å². The number of para-hydroxylation sites is 1. The maximum absolute atomic E-state index is 12.3. The molecule has 4 aromatic rings. The Morgan fingerprint density at radius 3 is 2.84 bits per heavy atom. The number of carbonyl (C=O) groups excluding carboxylic acids is 1. The van der Waals surface area contributed by atoms with Crippen LogP contribution < -0.4 is 10.2 Å². The van der Waals surface area contributed by atoms with E-state index < -0.39 is 0 Å². The summed E-state index contributed by atoms with van der Waals surface area (Å²) in [6.07, 6.45) is 6.63. The lowest BCUT2D eigenvalue weighted by atomic mass is 10.3. The Morgan fingerprint density at radius 1 is 1.24 bits per heavy atom. The highest BCUT2D eigenvalue weighted by Gasteiger charge is 2.07. The lowest BCUT2D eigenvalue weighted by molar-refractivity contribution is 0.0952. The molecule has 0 spiro atoms.